The third kappa shape index (κ3) is 2.60. The Morgan fingerprint density at radius 2 is 1.88 bits per heavy atom. The SMILES string of the molecule is COC1(OC)Nc2ccc3ccncc3c2N1NCc1ccccc1. The summed E-state index contributed by atoms with van der Waals surface area (Å²) in [7, 11) is 3.22. The maximum absolute atomic E-state index is 5.69. The Balaban J connectivity index is 1.77. The van der Waals surface area contributed by atoms with E-state index >= 15 is 0 Å². The van der Waals surface area contributed by atoms with Crippen LogP contribution in [-0.2, 0) is 16.0 Å². The quantitative estimate of drug-likeness (QED) is 0.698. The van der Waals surface area contributed by atoms with E-state index in [0.717, 1.165) is 27.7 Å². The Morgan fingerprint density at radius 3 is 2.64 bits per heavy atom. The van der Waals surface area contributed by atoms with Crippen molar-refractivity contribution in [2.75, 3.05) is 24.5 Å². The number of ether oxygens (including phenoxy) is 2. The summed E-state index contributed by atoms with van der Waals surface area (Å²) in [6.07, 6.45) is 3.65. The lowest BCUT2D eigenvalue weighted by Gasteiger charge is -2.36. The molecule has 1 aliphatic rings. The topological polar surface area (TPSA) is 58.7 Å². The molecule has 0 atom stereocenters. The Kier molecular flexibility index (Phi) is 4.01. The van der Waals surface area contributed by atoms with E-state index in [1.807, 2.05) is 41.5 Å². The molecular formula is C19H20N4O2. The first kappa shape index (κ1) is 15.8. The number of hydrogen-bond donors (Lipinski definition) is 2. The van der Waals surface area contributed by atoms with Crippen molar-refractivity contribution in [1.82, 2.24) is 10.4 Å². The Morgan fingerprint density at radius 1 is 1.08 bits per heavy atom. The standard InChI is InChI=1S/C19H20N4O2/c1-24-19(25-2)22-17-9-8-15-10-11-20-13-16(15)18(17)23(19)21-12-14-6-4-3-5-7-14/h3-11,13,21-22H,12H2,1-2H3. The number of pyridine rings is 1. The van der Waals surface area contributed by atoms with Crippen molar-refractivity contribution in [2.45, 2.75) is 12.6 Å². The summed E-state index contributed by atoms with van der Waals surface area (Å²) >= 11 is 0. The number of hydrogen-bond acceptors (Lipinski definition) is 6. The molecule has 128 valence electrons. The number of hydrazine groups is 1. The molecule has 25 heavy (non-hydrogen) atoms. The molecule has 6 nitrogen and oxygen atoms in total. The molecule has 0 spiro atoms. The van der Waals surface area contributed by atoms with Crippen LogP contribution in [0.4, 0.5) is 11.4 Å². The lowest BCUT2D eigenvalue weighted by Crippen LogP contribution is -2.59. The van der Waals surface area contributed by atoms with Gasteiger partial charge in [0.25, 0.3) is 0 Å². The van der Waals surface area contributed by atoms with Gasteiger partial charge < -0.3 is 14.8 Å². The van der Waals surface area contributed by atoms with Crippen LogP contribution in [0.25, 0.3) is 10.8 Å². The van der Waals surface area contributed by atoms with Crippen molar-refractivity contribution in [2.24, 2.45) is 0 Å². The first-order valence-electron chi connectivity index (χ1n) is 8.10. The highest BCUT2D eigenvalue weighted by Crippen LogP contribution is 2.44. The normalized spacial score (nSPS) is 15.2. The van der Waals surface area contributed by atoms with Gasteiger partial charge in [0, 0.05) is 38.5 Å². The van der Waals surface area contributed by atoms with Gasteiger partial charge in [-0.2, -0.15) is 0 Å². The number of fused-ring (bicyclic) bond motifs is 3. The second-order valence-electron chi connectivity index (χ2n) is 5.83. The number of nitrogens with zero attached hydrogens (tertiary/aromatic N) is 2. The molecule has 2 N–H and O–H groups in total. The summed E-state index contributed by atoms with van der Waals surface area (Å²) in [6.45, 7) is 0.632. The van der Waals surface area contributed by atoms with E-state index in [0.29, 0.717) is 6.54 Å². The fourth-order valence-corrected chi connectivity index (χ4v) is 3.18. The fourth-order valence-electron chi connectivity index (χ4n) is 3.18. The van der Waals surface area contributed by atoms with Gasteiger partial charge in [-0.05, 0) is 23.1 Å². The van der Waals surface area contributed by atoms with E-state index in [4.69, 9.17) is 9.47 Å². The van der Waals surface area contributed by atoms with Crippen LogP contribution in [0.3, 0.4) is 0 Å². The molecule has 0 fully saturated rings. The van der Waals surface area contributed by atoms with Gasteiger partial charge in [-0.3, -0.25) is 4.98 Å². The molecule has 0 saturated carbocycles. The minimum Gasteiger partial charge on any atom is -0.317 e. The molecule has 4 rings (SSSR count). The molecule has 0 aliphatic carbocycles. The largest absolute Gasteiger partial charge is 0.354 e. The first-order chi connectivity index (χ1) is 12.3. The van der Waals surface area contributed by atoms with Crippen LogP contribution in [0.15, 0.2) is 60.9 Å². The smallest absolute Gasteiger partial charge is 0.317 e. The molecule has 0 bridgehead atoms. The maximum Gasteiger partial charge on any atom is 0.354 e. The minimum atomic E-state index is -1.12. The van der Waals surface area contributed by atoms with Crippen LogP contribution in [-0.4, -0.2) is 25.2 Å². The van der Waals surface area contributed by atoms with Crippen molar-refractivity contribution < 1.29 is 9.47 Å². The van der Waals surface area contributed by atoms with Crippen LogP contribution < -0.4 is 15.8 Å². The highest BCUT2D eigenvalue weighted by atomic mass is 16.7. The lowest BCUT2D eigenvalue weighted by molar-refractivity contribution is -0.186. The molecule has 1 aliphatic heterocycles. The van der Waals surface area contributed by atoms with Gasteiger partial charge in [0.05, 0.1) is 11.4 Å². The summed E-state index contributed by atoms with van der Waals surface area (Å²) in [6, 6.07) is 15.1. The summed E-state index contributed by atoms with van der Waals surface area (Å²) in [4.78, 5) is 4.28. The number of aromatic nitrogens is 1. The summed E-state index contributed by atoms with van der Waals surface area (Å²) in [5.74, 6) is 0. The van der Waals surface area contributed by atoms with Crippen molar-refractivity contribution in [3.63, 3.8) is 0 Å². The van der Waals surface area contributed by atoms with Crippen LogP contribution in [0, 0.1) is 0 Å². The van der Waals surface area contributed by atoms with E-state index in [2.05, 4.69) is 33.9 Å². The van der Waals surface area contributed by atoms with Gasteiger partial charge in [-0.25, -0.2) is 10.4 Å². The van der Waals surface area contributed by atoms with E-state index in [9.17, 15) is 0 Å². The minimum absolute atomic E-state index is 0.632. The second-order valence-corrected chi connectivity index (χ2v) is 5.83. The van der Waals surface area contributed by atoms with Crippen LogP contribution in [0.1, 0.15) is 5.56 Å². The average molecular weight is 336 g/mol. The number of anilines is 2. The fraction of sp³-hybridized carbons (Fsp3) is 0.211. The monoisotopic (exact) mass is 336 g/mol. The van der Waals surface area contributed by atoms with Crippen LogP contribution >= 0.6 is 0 Å². The zero-order chi connectivity index (χ0) is 17.3. The van der Waals surface area contributed by atoms with E-state index in [1.165, 1.54) is 0 Å². The third-order valence-electron chi connectivity index (χ3n) is 4.44. The molecule has 2 aromatic carbocycles. The highest BCUT2D eigenvalue weighted by Gasteiger charge is 2.46. The van der Waals surface area contributed by atoms with Crippen molar-refractivity contribution in [1.29, 1.82) is 0 Å². The second kappa shape index (κ2) is 6.33. The van der Waals surface area contributed by atoms with Gasteiger partial charge >= 0.3 is 6.03 Å². The lowest BCUT2D eigenvalue weighted by atomic mass is 10.1. The molecule has 2 heterocycles. The van der Waals surface area contributed by atoms with Gasteiger partial charge in [0.2, 0.25) is 0 Å². The summed E-state index contributed by atoms with van der Waals surface area (Å²) < 4.78 is 11.4. The van der Waals surface area contributed by atoms with E-state index in [-0.39, 0.29) is 0 Å². The molecule has 0 saturated heterocycles. The van der Waals surface area contributed by atoms with Gasteiger partial charge in [0.1, 0.15) is 0 Å². The number of benzene rings is 2. The van der Waals surface area contributed by atoms with E-state index in [1.54, 1.807) is 20.4 Å². The molecule has 3 aromatic rings. The first-order valence-corrected chi connectivity index (χ1v) is 8.10. The van der Waals surface area contributed by atoms with Gasteiger partial charge in [-0.1, -0.05) is 36.4 Å². The molecule has 0 amide bonds. The highest BCUT2D eigenvalue weighted by molar-refractivity contribution is 6.02. The van der Waals surface area contributed by atoms with Crippen molar-refractivity contribution >= 4 is 22.1 Å². The summed E-state index contributed by atoms with van der Waals surface area (Å²) in [5, 5.41) is 7.32. The molecule has 0 radical (unpaired) electrons. The Hall–Kier alpha value is -2.67. The molecule has 6 heteroatoms. The molecular weight excluding hydrogens is 316 g/mol. The zero-order valence-corrected chi connectivity index (χ0v) is 14.2. The zero-order valence-electron chi connectivity index (χ0n) is 14.2. The van der Waals surface area contributed by atoms with Crippen LogP contribution in [0.5, 0.6) is 0 Å². The predicted molar refractivity (Wildman–Crippen MR) is 97.9 cm³/mol. The van der Waals surface area contributed by atoms with Gasteiger partial charge in [-0.15, -0.1) is 0 Å². The average Bonchev–Trinajstić information content (AvgIpc) is 3.01. The molecule has 0 unspecified atom stereocenters. The van der Waals surface area contributed by atoms with Crippen molar-refractivity contribution in [3.8, 4) is 0 Å². The number of rotatable bonds is 5. The predicted octanol–water partition coefficient (Wildman–Crippen LogP) is 3.08. The number of nitrogens with one attached hydrogen (secondary N) is 2. The Bertz CT molecular complexity index is 881. The summed E-state index contributed by atoms with van der Waals surface area (Å²) in [5.41, 5.74) is 6.46. The Labute approximate surface area is 146 Å². The van der Waals surface area contributed by atoms with E-state index < -0.39 is 6.03 Å². The van der Waals surface area contributed by atoms with Crippen molar-refractivity contribution in [3.05, 3.63) is 66.5 Å². The molecule has 1 aromatic heterocycles. The maximum atomic E-state index is 5.69. The third-order valence-corrected chi connectivity index (χ3v) is 4.44. The van der Waals surface area contributed by atoms with Crippen LogP contribution in [0.2, 0.25) is 0 Å². The number of methoxy groups -OCH3 is 2. The van der Waals surface area contributed by atoms with Gasteiger partial charge in [0.15, 0.2) is 0 Å².